The number of fused-ring (bicyclic) bond motifs is 1. The second-order valence-electron chi connectivity index (χ2n) is 8.39. The first-order chi connectivity index (χ1) is 14.6. The molecule has 1 aromatic carbocycles. The molecule has 166 valence electrons. The SMILES string of the molecule is CC1CC(C)CN(c2nc3c(c(=O)[nH]2)C(c2ccccc2OC(F)(F)F)CC(=O)N3)C1. The third kappa shape index (κ3) is 4.52. The van der Waals surface area contributed by atoms with E-state index in [1.54, 1.807) is 0 Å². The van der Waals surface area contributed by atoms with E-state index in [1.165, 1.54) is 24.3 Å². The van der Waals surface area contributed by atoms with E-state index in [0.717, 1.165) is 6.42 Å². The molecule has 1 amide bonds. The summed E-state index contributed by atoms with van der Waals surface area (Å²) in [4.78, 5) is 34.6. The van der Waals surface area contributed by atoms with Gasteiger partial charge in [0.05, 0.1) is 5.56 Å². The van der Waals surface area contributed by atoms with Crippen LogP contribution in [0.2, 0.25) is 0 Å². The van der Waals surface area contributed by atoms with E-state index in [9.17, 15) is 22.8 Å². The molecule has 10 heteroatoms. The summed E-state index contributed by atoms with van der Waals surface area (Å²) in [5.41, 5.74) is -0.256. The lowest BCUT2D eigenvalue weighted by atomic mass is 9.86. The van der Waals surface area contributed by atoms with Crippen LogP contribution in [-0.2, 0) is 4.79 Å². The molecule has 3 heterocycles. The number of H-pyrrole nitrogens is 1. The Morgan fingerprint density at radius 1 is 1.13 bits per heavy atom. The first-order valence-electron chi connectivity index (χ1n) is 10.1. The summed E-state index contributed by atoms with van der Waals surface area (Å²) in [6.07, 6.45) is -4.01. The van der Waals surface area contributed by atoms with Crippen LogP contribution in [0.3, 0.4) is 0 Å². The lowest BCUT2D eigenvalue weighted by Gasteiger charge is -2.36. The molecule has 0 saturated carbocycles. The van der Waals surface area contributed by atoms with Crippen LogP contribution in [0.5, 0.6) is 5.75 Å². The number of amides is 1. The Bertz CT molecular complexity index is 1040. The Hall–Kier alpha value is -3.04. The van der Waals surface area contributed by atoms with E-state index in [1.807, 2.05) is 4.90 Å². The first kappa shape index (κ1) is 21.2. The fraction of sp³-hybridized carbons (Fsp3) is 0.476. The molecule has 4 rings (SSSR count). The molecule has 0 bridgehead atoms. The number of carbonyl (C=O) groups excluding carboxylic acids is 1. The molecule has 2 aromatic rings. The van der Waals surface area contributed by atoms with Gasteiger partial charge in [-0.05, 0) is 24.3 Å². The predicted octanol–water partition coefficient (Wildman–Crippen LogP) is 3.62. The lowest BCUT2D eigenvalue weighted by Crippen LogP contribution is -2.41. The molecule has 1 saturated heterocycles. The minimum absolute atomic E-state index is 0.0766. The number of benzene rings is 1. The van der Waals surface area contributed by atoms with Crippen molar-refractivity contribution in [3.8, 4) is 5.75 Å². The zero-order valence-electron chi connectivity index (χ0n) is 17.1. The first-order valence-corrected chi connectivity index (χ1v) is 10.1. The normalized spacial score (nSPS) is 23.8. The van der Waals surface area contributed by atoms with Gasteiger partial charge in [0.1, 0.15) is 11.6 Å². The van der Waals surface area contributed by atoms with Crippen LogP contribution >= 0.6 is 0 Å². The summed E-state index contributed by atoms with van der Waals surface area (Å²) in [7, 11) is 0. The number of alkyl halides is 3. The third-order valence-electron chi connectivity index (χ3n) is 5.63. The molecule has 31 heavy (non-hydrogen) atoms. The summed E-state index contributed by atoms with van der Waals surface area (Å²) in [5.74, 6) is -0.522. The van der Waals surface area contributed by atoms with Crippen LogP contribution in [0, 0.1) is 11.8 Å². The van der Waals surface area contributed by atoms with Gasteiger partial charge in [0.15, 0.2) is 0 Å². The maximum atomic E-state index is 13.0. The minimum Gasteiger partial charge on any atom is -0.405 e. The van der Waals surface area contributed by atoms with Crippen LogP contribution in [0.4, 0.5) is 24.9 Å². The van der Waals surface area contributed by atoms with Gasteiger partial charge in [-0.15, -0.1) is 13.2 Å². The van der Waals surface area contributed by atoms with Crippen molar-refractivity contribution in [2.75, 3.05) is 23.3 Å². The zero-order valence-corrected chi connectivity index (χ0v) is 17.1. The van der Waals surface area contributed by atoms with E-state index in [2.05, 4.69) is 33.9 Å². The van der Waals surface area contributed by atoms with Crippen molar-refractivity contribution < 1.29 is 22.7 Å². The van der Waals surface area contributed by atoms with Crippen molar-refractivity contribution in [1.82, 2.24) is 9.97 Å². The number of nitrogens with one attached hydrogen (secondary N) is 2. The third-order valence-corrected chi connectivity index (χ3v) is 5.63. The van der Waals surface area contributed by atoms with Crippen molar-refractivity contribution >= 4 is 17.7 Å². The Kier molecular flexibility index (Phi) is 5.40. The van der Waals surface area contributed by atoms with Crippen LogP contribution in [0.15, 0.2) is 29.1 Å². The number of hydrogen-bond acceptors (Lipinski definition) is 5. The van der Waals surface area contributed by atoms with E-state index in [4.69, 9.17) is 0 Å². The highest BCUT2D eigenvalue weighted by molar-refractivity contribution is 5.94. The molecule has 2 aliphatic rings. The second-order valence-corrected chi connectivity index (χ2v) is 8.39. The van der Waals surface area contributed by atoms with E-state index in [0.29, 0.717) is 30.9 Å². The van der Waals surface area contributed by atoms with Gasteiger partial charge in [0.2, 0.25) is 11.9 Å². The number of halogens is 3. The van der Waals surface area contributed by atoms with Crippen LogP contribution in [-0.4, -0.2) is 35.3 Å². The highest BCUT2D eigenvalue weighted by Gasteiger charge is 2.37. The molecule has 2 N–H and O–H groups in total. The maximum absolute atomic E-state index is 13.0. The summed E-state index contributed by atoms with van der Waals surface area (Å²) in [5, 5.41) is 2.61. The number of nitrogens with zero attached hydrogens (tertiary/aromatic N) is 2. The average molecular weight is 436 g/mol. The Morgan fingerprint density at radius 2 is 1.81 bits per heavy atom. The quantitative estimate of drug-likeness (QED) is 0.768. The van der Waals surface area contributed by atoms with Gasteiger partial charge >= 0.3 is 6.36 Å². The van der Waals surface area contributed by atoms with Crippen molar-refractivity contribution in [3.63, 3.8) is 0 Å². The number of aromatic amines is 1. The lowest BCUT2D eigenvalue weighted by molar-refractivity contribution is -0.274. The Balaban J connectivity index is 1.76. The van der Waals surface area contributed by atoms with Crippen LogP contribution in [0.25, 0.3) is 0 Å². The second kappa shape index (κ2) is 7.90. The Morgan fingerprint density at radius 3 is 2.48 bits per heavy atom. The van der Waals surface area contributed by atoms with Gasteiger partial charge in [0, 0.05) is 31.0 Å². The van der Waals surface area contributed by atoms with E-state index in [-0.39, 0.29) is 23.4 Å². The predicted molar refractivity (Wildman–Crippen MR) is 108 cm³/mol. The number of aromatic nitrogens is 2. The molecule has 1 fully saturated rings. The molecule has 0 aliphatic carbocycles. The van der Waals surface area contributed by atoms with E-state index >= 15 is 0 Å². The molecular formula is C21H23F3N4O3. The fourth-order valence-corrected chi connectivity index (χ4v) is 4.60. The number of rotatable bonds is 3. The smallest absolute Gasteiger partial charge is 0.405 e. The number of piperidine rings is 1. The van der Waals surface area contributed by atoms with Crippen LogP contribution < -0.4 is 20.5 Å². The molecule has 2 aliphatic heterocycles. The van der Waals surface area contributed by atoms with Gasteiger partial charge in [-0.3, -0.25) is 14.6 Å². The van der Waals surface area contributed by atoms with Gasteiger partial charge < -0.3 is 15.0 Å². The highest BCUT2D eigenvalue weighted by atomic mass is 19.4. The molecule has 1 aromatic heterocycles. The van der Waals surface area contributed by atoms with Crippen molar-refractivity contribution in [2.24, 2.45) is 11.8 Å². The molecule has 0 spiro atoms. The molecule has 3 atom stereocenters. The monoisotopic (exact) mass is 436 g/mol. The number of hydrogen-bond donors (Lipinski definition) is 2. The molecule has 3 unspecified atom stereocenters. The summed E-state index contributed by atoms with van der Waals surface area (Å²) in [6.45, 7) is 5.67. The largest absolute Gasteiger partial charge is 0.573 e. The number of anilines is 2. The van der Waals surface area contributed by atoms with Crippen molar-refractivity contribution in [3.05, 3.63) is 45.7 Å². The zero-order chi connectivity index (χ0) is 22.3. The highest BCUT2D eigenvalue weighted by Crippen LogP contribution is 2.40. The number of carbonyl (C=O) groups is 1. The number of para-hydroxylation sites is 1. The summed E-state index contributed by atoms with van der Waals surface area (Å²) >= 11 is 0. The standard InChI is InChI=1S/C21H23F3N4O3/c1-11-7-12(2)10-28(9-11)20-26-18-17(19(30)27-20)14(8-16(29)25-18)13-5-3-4-6-15(13)31-21(22,23)24/h3-6,11-12,14H,7-10H2,1-2H3,(H2,25,26,27,29,30). The summed E-state index contributed by atoms with van der Waals surface area (Å²) in [6, 6.07) is 5.53. The number of ether oxygens (including phenoxy) is 1. The van der Waals surface area contributed by atoms with Crippen LogP contribution in [0.1, 0.15) is 43.7 Å². The van der Waals surface area contributed by atoms with E-state index < -0.39 is 29.5 Å². The molecular weight excluding hydrogens is 413 g/mol. The van der Waals surface area contributed by atoms with Crippen molar-refractivity contribution in [2.45, 2.75) is 39.0 Å². The fourth-order valence-electron chi connectivity index (χ4n) is 4.60. The average Bonchev–Trinajstić information content (AvgIpc) is 2.65. The Labute approximate surface area is 176 Å². The molecule has 7 nitrogen and oxygen atoms in total. The summed E-state index contributed by atoms with van der Waals surface area (Å²) < 4.78 is 42.8. The topological polar surface area (TPSA) is 87.3 Å². The minimum atomic E-state index is -4.90. The van der Waals surface area contributed by atoms with Gasteiger partial charge in [-0.2, -0.15) is 4.98 Å². The molecule has 0 radical (unpaired) electrons. The van der Waals surface area contributed by atoms with Gasteiger partial charge in [-0.1, -0.05) is 32.0 Å². The van der Waals surface area contributed by atoms with Gasteiger partial charge in [0.25, 0.3) is 5.56 Å². The van der Waals surface area contributed by atoms with Crippen molar-refractivity contribution in [1.29, 1.82) is 0 Å². The maximum Gasteiger partial charge on any atom is 0.573 e. The van der Waals surface area contributed by atoms with Gasteiger partial charge in [-0.25, -0.2) is 0 Å².